The highest BCUT2D eigenvalue weighted by molar-refractivity contribution is 7.84. The standard InChI is InChI=1S/C21H17N3O5S/c1-13(16-6-4-12-29-20(16)26)23-19(25)17-5-3-11-22-18(17)24(21(23)27)14-7-9-15(10-8-14)30(2)28/h3-13H,1-2H3. The van der Waals surface area contributed by atoms with Crippen LogP contribution in [0.1, 0.15) is 18.5 Å². The smallest absolute Gasteiger partial charge is 0.340 e. The predicted octanol–water partition coefficient (Wildman–Crippen LogP) is 1.85. The third-order valence-electron chi connectivity index (χ3n) is 4.87. The zero-order valence-corrected chi connectivity index (χ0v) is 17.0. The first-order valence-corrected chi connectivity index (χ1v) is 10.6. The van der Waals surface area contributed by atoms with Gasteiger partial charge in [0, 0.05) is 28.1 Å². The SMILES string of the molecule is CC(c1cccoc1=O)n1c(=O)c2cccnc2n(-c2ccc(S(C)=O)cc2)c1=O. The Kier molecular flexibility index (Phi) is 5.04. The van der Waals surface area contributed by atoms with Gasteiger partial charge in [-0.2, -0.15) is 0 Å². The lowest BCUT2D eigenvalue weighted by molar-refractivity contribution is 0.476. The molecular formula is C21H17N3O5S. The molecule has 0 bridgehead atoms. The highest BCUT2D eigenvalue weighted by Gasteiger charge is 2.22. The summed E-state index contributed by atoms with van der Waals surface area (Å²) in [6, 6.07) is 12.0. The minimum Gasteiger partial charge on any atom is -0.431 e. The highest BCUT2D eigenvalue weighted by atomic mass is 32.2. The van der Waals surface area contributed by atoms with Crippen LogP contribution in [-0.2, 0) is 10.8 Å². The Morgan fingerprint density at radius 1 is 1.03 bits per heavy atom. The molecule has 1 aromatic carbocycles. The number of benzene rings is 1. The van der Waals surface area contributed by atoms with Gasteiger partial charge in [0.05, 0.1) is 28.9 Å². The van der Waals surface area contributed by atoms with Crippen molar-refractivity contribution in [3.63, 3.8) is 0 Å². The van der Waals surface area contributed by atoms with Crippen molar-refractivity contribution >= 4 is 21.8 Å². The van der Waals surface area contributed by atoms with Gasteiger partial charge >= 0.3 is 11.3 Å². The van der Waals surface area contributed by atoms with Crippen molar-refractivity contribution in [2.45, 2.75) is 17.9 Å². The summed E-state index contributed by atoms with van der Waals surface area (Å²) in [5.41, 5.74) is -0.985. The maximum Gasteiger partial charge on any atom is 0.340 e. The van der Waals surface area contributed by atoms with Crippen LogP contribution in [0.5, 0.6) is 0 Å². The molecule has 0 fully saturated rings. The third-order valence-corrected chi connectivity index (χ3v) is 5.81. The van der Waals surface area contributed by atoms with E-state index in [0.29, 0.717) is 10.6 Å². The number of pyridine rings is 1. The van der Waals surface area contributed by atoms with Crippen molar-refractivity contribution in [2.75, 3.05) is 6.26 Å². The number of aromatic nitrogens is 3. The summed E-state index contributed by atoms with van der Waals surface area (Å²) in [6.45, 7) is 1.59. The molecule has 2 atom stereocenters. The van der Waals surface area contributed by atoms with Gasteiger partial charge in [0.25, 0.3) is 5.56 Å². The lowest BCUT2D eigenvalue weighted by Gasteiger charge is -2.17. The largest absolute Gasteiger partial charge is 0.431 e. The van der Waals surface area contributed by atoms with E-state index < -0.39 is 33.7 Å². The molecular weight excluding hydrogens is 406 g/mol. The van der Waals surface area contributed by atoms with Crippen molar-refractivity contribution in [2.24, 2.45) is 0 Å². The van der Waals surface area contributed by atoms with E-state index >= 15 is 0 Å². The topological polar surface area (TPSA) is 104 Å². The second-order valence-electron chi connectivity index (χ2n) is 6.65. The van der Waals surface area contributed by atoms with Crippen LogP contribution in [0.15, 0.2) is 84.7 Å². The van der Waals surface area contributed by atoms with Gasteiger partial charge in [-0.3, -0.25) is 13.6 Å². The van der Waals surface area contributed by atoms with Crippen LogP contribution in [0, 0.1) is 0 Å². The first-order valence-electron chi connectivity index (χ1n) is 9.04. The number of hydrogen-bond donors (Lipinski definition) is 0. The molecule has 0 aliphatic carbocycles. The van der Waals surface area contributed by atoms with Crippen LogP contribution < -0.4 is 16.9 Å². The lowest BCUT2D eigenvalue weighted by Crippen LogP contribution is -2.42. The van der Waals surface area contributed by atoms with E-state index in [0.717, 1.165) is 4.57 Å². The van der Waals surface area contributed by atoms with Crippen LogP contribution in [0.4, 0.5) is 0 Å². The molecule has 0 N–H and O–H groups in total. The Bertz CT molecular complexity index is 1450. The average molecular weight is 423 g/mol. The fraction of sp³-hybridized carbons (Fsp3) is 0.143. The Labute approximate surface area is 172 Å². The average Bonchev–Trinajstić information content (AvgIpc) is 2.74. The molecule has 0 aliphatic rings. The number of hydrogen-bond acceptors (Lipinski definition) is 6. The molecule has 0 radical (unpaired) electrons. The fourth-order valence-electron chi connectivity index (χ4n) is 3.35. The summed E-state index contributed by atoms with van der Waals surface area (Å²) < 4.78 is 18.9. The molecule has 0 amide bonds. The molecule has 3 aromatic heterocycles. The summed E-state index contributed by atoms with van der Waals surface area (Å²) in [5, 5.41) is 0.229. The first kappa shape index (κ1) is 19.7. The summed E-state index contributed by atoms with van der Waals surface area (Å²) in [7, 11) is -1.17. The molecule has 30 heavy (non-hydrogen) atoms. The summed E-state index contributed by atoms with van der Waals surface area (Å²) in [5.74, 6) is 0. The van der Waals surface area contributed by atoms with E-state index in [4.69, 9.17) is 4.42 Å². The molecule has 0 saturated carbocycles. The predicted molar refractivity (Wildman–Crippen MR) is 113 cm³/mol. The van der Waals surface area contributed by atoms with E-state index in [-0.39, 0.29) is 16.6 Å². The molecule has 8 nitrogen and oxygen atoms in total. The van der Waals surface area contributed by atoms with Gasteiger partial charge in [-0.25, -0.2) is 19.1 Å². The van der Waals surface area contributed by atoms with Crippen molar-refractivity contribution in [3.8, 4) is 5.69 Å². The number of nitrogens with zero attached hydrogens (tertiary/aromatic N) is 3. The Hall–Kier alpha value is -3.59. The van der Waals surface area contributed by atoms with Crippen molar-refractivity contribution in [3.05, 3.63) is 97.8 Å². The Morgan fingerprint density at radius 2 is 1.77 bits per heavy atom. The molecule has 0 saturated heterocycles. The van der Waals surface area contributed by atoms with Crippen LogP contribution in [0.2, 0.25) is 0 Å². The van der Waals surface area contributed by atoms with Crippen LogP contribution >= 0.6 is 0 Å². The van der Waals surface area contributed by atoms with Gasteiger partial charge < -0.3 is 4.42 Å². The second-order valence-corrected chi connectivity index (χ2v) is 8.03. The molecule has 9 heteroatoms. The number of fused-ring (bicyclic) bond motifs is 1. The molecule has 4 rings (SSSR count). The molecule has 2 unspecified atom stereocenters. The third kappa shape index (κ3) is 3.22. The van der Waals surface area contributed by atoms with Crippen molar-refractivity contribution in [1.82, 2.24) is 14.1 Å². The molecule has 3 heterocycles. The van der Waals surface area contributed by atoms with E-state index in [1.165, 1.54) is 29.2 Å². The molecule has 4 aromatic rings. The van der Waals surface area contributed by atoms with Gasteiger partial charge in [-0.05, 0) is 55.5 Å². The highest BCUT2D eigenvalue weighted by Crippen LogP contribution is 2.17. The van der Waals surface area contributed by atoms with E-state index in [9.17, 15) is 18.6 Å². The fourth-order valence-corrected chi connectivity index (χ4v) is 3.87. The summed E-state index contributed by atoms with van der Waals surface area (Å²) in [4.78, 5) is 43.6. The van der Waals surface area contributed by atoms with Gasteiger partial charge in [0.1, 0.15) is 0 Å². The minimum atomic E-state index is -1.17. The summed E-state index contributed by atoms with van der Waals surface area (Å²) >= 11 is 0. The van der Waals surface area contributed by atoms with E-state index in [2.05, 4.69) is 4.98 Å². The zero-order valence-electron chi connectivity index (χ0n) is 16.1. The van der Waals surface area contributed by atoms with Crippen LogP contribution in [0.25, 0.3) is 16.7 Å². The zero-order chi connectivity index (χ0) is 21.4. The van der Waals surface area contributed by atoms with Crippen molar-refractivity contribution in [1.29, 1.82) is 0 Å². The van der Waals surface area contributed by atoms with E-state index in [1.807, 2.05) is 0 Å². The second kappa shape index (κ2) is 7.68. The minimum absolute atomic E-state index is 0.184. The lowest BCUT2D eigenvalue weighted by atomic mass is 10.1. The maximum atomic E-state index is 13.4. The van der Waals surface area contributed by atoms with Gasteiger partial charge in [-0.15, -0.1) is 0 Å². The number of rotatable bonds is 4. The van der Waals surface area contributed by atoms with Gasteiger partial charge in [0.15, 0.2) is 5.65 Å². The van der Waals surface area contributed by atoms with Crippen LogP contribution in [0.3, 0.4) is 0 Å². The van der Waals surface area contributed by atoms with Gasteiger partial charge in [0.2, 0.25) is 0 Å². The van der Waals surface area contributed by atoms with Crippen molar-refractivity contribution < 1.29 is 8.63 Å². The monoisotopic (exact) mass is 423 g/mol. The van der Waals surface area contributed by atoms with Crippen LogP contribution in [-0.4, -0.2) is 24.6 Å². The Morgan fingerprint density at radius 3 is 2.43 bits per heavy atom. The van der Waals surface area contributed by atoms with E-state index in [1.54, 1.807) is 49.6 Å². The van der Waals surface area contributed by atoms with Gasteiger partial charge in [-0.1, -0.05) is 0 Å². The molecule has 152 valence electrons. The summed E-state index contributed by atoms with van der Waals surface area (Å²) in [6.07, 6.45) is 4.29. The normalized spacial score (nSPS) is 13.3. The maximum absolute atomic E-state index is 13.4. The molecule has 0 aliphatic heterocycles. The molecule has 0 spiro atoms. The Balaban J connectivity index is 2.05. The first-order chi connectivity index (χ1) is 14.4. The quantitative estimate of drug-likeness (QED) is 0.496.